The number of piperidine rings is 1. The molecule has 5 unspecified atom stereocenters. The van der Waals surface area contributed by atoms with Crippen LogP contribution in [0.1, 0.15) is 49.7 Å². The maximum absolute atomic E-state index is 10.6. The molecule has 0 amide bonds. The molecule has 4 heteroatoms. The smallest absolute Gasteiger partial charge is 0.115 e. The minimum absolute atomic E-state index is 0.245. The molecule has 1 aromatic carbocycles. The minimum Gasteiger partial charge on any atom is -0.508 e. The second kappa shape index (κ2) is 6.08. The van der Waals surface area contributed by atoms with Gasteiger partial charge in [-0.2, -0.15) is 0 Å². The lowest BCUT2D eigenvalue weighted by Gasteiger charge is -2.66. The molecule has 32 heavy (non-hydrogen) atoms. The van der Waals surface area contributed by atoms with Gasteiger partial charge in [0.25, 0.3) is 0 Å². The maximum atomic E-state index is 10.6. The Morgan fingerprint density at radius 3 is 2.91 bits per heavy atom. The molecule has 166 valence electrons. The van der Waals surface area contributed by atoms with Crippen LogP contribution in [0.3, 0.4) is 0 Å². The Hall–Kier alpha value is -2.07. The Morgan fingerprint density at radius 2 is 2.06 bits per heavy atom. The molecule has 2 aromatic rings. The number of benzene rings is 1. The van der Waals surface area contributed by atoms with Crippen molar-refractivity contribution < 1.29 is 5.11 Å². The summed E-state index contributed by atoms with van der Waals surface area (Å²) in [5.41, 5.74) is 5.03. The molecular weight excluding hydrogens is 394 g/mol. The topological polar surface area (TPSA) is 39.6 Å². The third-order valence-electron chi connectivity index (χ3n) is 10.8. The first kappa shape index (κ1) is 18.4. The molecule has 2 saturated heterocycles. The molecule has 8 rings (SSSR count). The van der Waals surface area contributed by atoms with E-state index >= 15 is 0 Å². The average molecular weight is 428 g/mol. The first-order chi connectivity index (χ1) is 15.7. The zero-order valence-electron chi connectivity index (χ0n) is 18.8. The van der Waals surface area contributed by atoms with Gasteiger partial charge in [0.1, 0.15) is 5.75 Å². The van der Waals surface area contributed by atoms with E-state index in [2.05, 4.69) is 45.2 Å². The molecule has 4 bridgehead atoms. The van der Waals surface area contributed by atoms with E-state index in [-0.39, 0.29) is 5.41 Å². The number of nitrogens with zero attached hydrogens (tertiary/aromatic N) is 3. The number of aromatic hydroxyl groups is 1. The highest BCUT2D eigenvalue weighted by molar-refractivity contribution is 5.55. The van der Waals surface area contributed by atoms with E-state index in [1.54, 1.807) is 0 Å². The van der Waals surface area contributed by atoms with Gasteiger partial charge in [-0.05, 0) is 110 Å². The van der Waals surface area contributed by atoms with Crippen molar-refractivity contribution in [3.05, 3.63) is 53.9 Å². The van der Waals surface area contributed by atoms with E-state index < -0.39 is 0 Å². The van der Waals surface area contributed by atoms with Crippen LogP contribution in [-0.4, -0.2) is 46.7 Å². The van der Waals surface area contributed by atoms with Gasteiger partial charge in [-0.3, -0.25) is 9.88 Å². The van der Waals surface area contributed by atoms with Crippen molar-refractivity contribution in [3.63, 3.8) is 0 Å². The van der Waals surface area contributed by atoms with Crippen LogP contribution in [0.4, 0.5) is 5.69 Å². The summed E-state index contributed by atoms with van der Waals surface area (Å²) >= 11 is 0. The first-order valence-electron chi connectivity index (χ1n) is 12.9. The number of anilines is 1. The lowest BCUT2D eigenvalue weighted by molar-refractivity contribution is -0.0920. The van der Waals surface area contributed by atoms with E-state index in [1.807, 2.05) is 12.3 Å². The van der Waals surface area contributed by atoms with Crippen LogP contribution in [0.25, 0.3) is 0 Å². The lowest BCUT2D eigenvalue weighted by atomic mass is 9.43. The van der Waals surface area contributed by atoms with Gasteiger partial charge in [0, 0.05) is 36.8 Å². The van der Waals surface area contributed by atoms with Crippen LogP contribution < -0.4 is 4.90 Å². The summed E-state index contributed by atoms with van der Waals surface area (Å²) in [6.07, 6.45) is 13.4. The maximum Gasteiger partial charge on any atom is 0.115 e. The third-order valence-corrected chi connectivity index (χ3v) is 10.8. The Morgan fingerprint density at radius 1 is 1.12 bits per heavy atom. The lowest BCUT2D eigenvalue weighted by Crippen LogP contribution is -2.69. The summed E-state index contributed by atoms with van der Waals surface area (Å²) in [5, 5.41) is 10.6. The molecule has 4 aliphatic carbocycles. The van der Waals surface area contributed by atoms with Crippen molar-refractivity contribution >= 4 is 5.69 Å². The van der Waals surface area contributed by atoms with Crippen molar-refractivity contribution in [2.45, 2.75) is 62.4 Å². The summed E-state index contributed by atoms with van der Waals surface area (Å²) in [4.78, 5) is 10.1. The predicted octanol–water partition coefficient (Wildman–Crippen LogP) is 4.37. The van der Waals surface area contributed by atoms with Crippen LogP contribution in [0, 0.1) is 23.2 Å². The number of fused-ring (bicyclic) bond motifs is 1. The molecule has 0 spiro atoms. The molecule has 0 radical (unpaired) electrons. The van der Waals surface area contributed by atoms with Crippen molar-refractivity contribution in [1.82, 2.24) is 9.88 Å². The molecule has 1 N–H and O–H groups in total. The highest BCUT2D eigenvalue weighted by Gasteiger charge is 2.76. The van der Waals surface area contributed by atoms with Gasteiger partial charge in [0.15, 0.2) is 0 Å². The number of pyridine rings is 1. The summed E-state index contributed by atoms with van der Waals surface area (Å²) in [5.74, 6) is 2.90. The van der Waals surface area contributed by atoms with Gasteiger partial charge in [-0.15, -0.1) is 0 Å². The van der Waals surface area contributed by atoms with Gasteiger partial charge >= 0.3 is 0 Å². The van der Waals surface area contributed by atoms with Gasteiger partial charge in [0.2, 0.25) is 0 Å². The van der Waals surface area contributed by atoms with Gasteiger partial charge in [-0.25, -0.2) is 0 Å². The molecular formula is C28H33N3O. The molecule has 3 saturated carbocycles. The zero-order chi connectivity index (χ0) is 21.1. The van der Waals surface area contributed by atoms with E-state index in [1.165, 1.54) is 81.4 Å². The second-order valence-electron chi connectivity index (χ2n) is 11.8. The zero-order valence-corrected chi connectivity index (χ0v) is 18.8. The number of likely N-dealkylation sites (tertiary alicyclic amines) is 1. The van der Waals surface area contributed by atoms with Gasteiger partial charge in [0.05, 0.1) is 11.9 Å². The van der Waals surface area contributed by atoms with E-state index in [0.29, 0.717) is 29.2 Å². The Balaban J connectivity index is 1.29. The standard InChI is InChI=1S/C28H33N3O/c32-22-6-5-19-12-25-27-8-7-24-26(20(14-27)17-31(24)21-2-1-10-29-15-21)28(27,23(19)13-22)9-11-30(25)16-18-3-4-18/h1-2,5-6,10,13,15,18,20,24-26,32H,3-4,7-9,11-12,14,16-17H2/t20-,24?,25?,26?,27?,28?/m1/s1. The first-order valence-corrected chi connectivity index (χ1v) is 12.9. The number of hydrogen-bond acceptors (Lipinski definition) is 4. The van der Waals surface area contributed by atoms with Crippen molar-refractivity contribution in [1.29, 1.82) is 0 Å². The van der Waals surface area contributed by atoms with Crippen LogP contribution in [0.2, 0.25) is 0 Å². The van der Waals surface area contributed by atoms with Crippen LogP contribution in [-0.2, 0) is 11.8 Å². The third kappa shape index (κ3) is 2.11. The van der Waals surface area contributed by atoms with Crippen molar-refractivity contribution in [2.75, 3.05) is 24.5 Å². The van der Waals surface area contributed by atoms with Crippen LogP contribution in [0.15, 0.2) is 42.7 Å². The quantitative estimate of drug-likeness (QED) is 0.790. The van der Waals surface area contributed by atoms with Crippen molar-refractivity contribution in [2.24, 2.45) is 23.2 Å². The Bertz CT molecular complexity index is 1080. The molecule has 6 aliphatic rings. The largest absolute Gasteiger partial charge is 0.508 e. The van der Waals surface area contributed by atoms with E-state index in [9.17, 15) is 5.11 Å². The average Bonchev–Trinajstić information content (AvgIpc) is 3.50. The molecule has 3 heterocycles. The summed E-state index contributed by atoms with van der Waals surface area (Å²) in [6, 6.07) is 12.1. The Labute approximate surface area is 190 Å². The molecule has 1 aromatic heterocycles. The fraction of sp³-hybridized carbons (Fsp3) is 0.607. The van der Waals surface area contributed by atoms with Crippen LogP contribution >= 0.6 is 0 Å². The number of phenolic OH excluding ortho intramolecular Hbond substituents is 1. The summed E-state index contributed by atoms with van der Waals surface area (Å²) in [7, 11) is 0. The number of phenols is 1. The minimum atomic E-state index is 0.245. The van der Waals surface area contributed by atoms with Crippen molar-refractivity contribution in [3.8, 4) is 5.75 Å². The predicted molar refractivity (Wildman–Crippen MR) is 125 cm³/mol. The van der Waals surface area contributed by atoms with E-state index in [0.717, 1.165) is 11.8 Å². The fourth-order valence-corrected chi connectivity index (χ4v) is 9.76. The molecule has 4 nitrogen and oxygen atoms in total. The monoisotopic (exact) mass is 427 g/mol. The molecule has 5 fully saturated rings. The molecule has 6 atom stereocenters. The highest BCUT2D eigenvalue weighted by Crippen LogP contribution is 2.75. The summed E-state index contributed by atoms with van der Waals surface area (Å²) < 4.78 is 0. The van der Waals surface area contributed by atoms with Gasteiger partial charge < -0.3 is 10.0 Å². The highest BCUT2D eigenvalue weighted by atomic mass is 16.3. The number of aromatic nitrogens is 1. The summed E-state index contributed by atoms with van der Waals surface area (Å²) in [6.45, 7) is 3.77. The molecule has 2 aliphatic heterocycles. The second-order valence-corrected chi connectivity index (χ2v) is 11.8. The van der Waals surface area contributed by atoms with E-state index in [4.69, 9.17) is 0 Å². The number of rotatable bonds is 3. The van der Waals surface area contributed by atoms with Crippen LogP contribution in [0.5, 0.6) is 5.75 Å². The Kier molecular flexibility index (Phi) is 3.49. The normalized spacial score (nSPS) is 41.4. The number of hydrogen-bond donors (Lipinski definition) is 1. The SMILES string of the molecule is Oc1ccc2c(c1)C13CCN(CC4CC4)C(C2)C12CCC1C3[C@@H](CN1c1cccnc1)C2. The van der Waals surface area contributed by atoms with Gasteiger partial charge in [-0.1, -0.05) is 6.07 Å². The fourth-order valence-electron chi connectivity index (χ4n) is 9.76.